The van der Waals surface area contributed by atoms with Crippen LogP contribution in [0.4, 0.5) is 11.4 Å². The van der Waals surface area contributed by atoms with Crippen molar-refractivity contribution in [2.24, 2.45) is 0 Å². The maximum Gasteiger partial charge on any atom is 0.333 e. The van der Waals surface area contributed by atoms with Gasteiger partial charge in [-0.2, -0.15) is 0 Å². The van der Waals surface area contributed by atoms with Crippen molar-refractivity contribution in [2.75, 3.05) is 4.81 Å². The summed E-state index contributed by atoms with van der Waals surface area (Å²) in [5.41, 5.74) is 20.3. The van der Waals surface area contributed by atoms with Gasteiger partial charge in [0.15, 0.2) is 0 Å². The number of hydrogen-bond acceptors (Lipinski definition) is 4. The molecule has 4 aromatic heterocycles. The summed E-state index contributed by atoms with van der Waals surface area (Å²) in [6.45, 7) is 16.4. The maximum absolute atomic E-state index is 7.29. The Morgan fingerprint density at radius 2 is 1.12 bits per heavy atom. The number of hydrogen-bond donors (Lipinski definition) is 0. The third kappa shape index (κ3) is 4.57. The highest BCUT2D eigenvalue weighted by atomic mass is 16.3. The fourth-order valence-electron chi connectivity index (χ4n) is 12.7. The van der Waals surface area contributed by atoms with Crippen LogP contribution in [-0.2, 0) is 16.2 Å². The van der Waals surface area contributed by atoms with E-state index in [1.165, 1.54) is 55.0 Å². The summed E-state index contributed by atoms with van der Waals surface area (Å²) in [4.78, 5) is 2.64. The highest BCUT2D eigenvalue weighted by Crippen LogP contribution is 2.55. The lowest BCUT2D eigenvalue weighted by molar-refractivity contribution is 0.332. The number of rotatable bonds is 1. The smallest absolute Gasteiger partial charge is 0.333 e. The summed E-state index contributed by atoms with van der Waals surface area (Å²) in [6.07, 6.45) is 2.27. The van der Waals surface area contributed by atoms with Crippen LogP contribution in [0.5, 0.6) is 0 Å². The van der Waals surface area contributed by atoms with Crippen LogP contribution in [0.2, 0.25) is 0 Å². The SMILES string of the molecule is CC(C)(C)c1ccc(N2B3c4cc5c(cc4-n4c6cc7c(cc6c6c8oc9ccccc9c8c(c3c64)-c3cc4oc6ccccc6c4cc32)C(C)(C)CCC7(C)C)oc2ccccc25)cc1. The van der Waals surface area contributed by atoms with Gasteiger partial charge in [0.1, 0.15) is 33.5 Å². The van der Waals surface area contributed by atoms with Gasteiger partial charge in [-0.25, -0.2) is 0 Å². The van der Waals surface area contributed by atoms with Gasteiger partial charge in [-0.3, -0.25) is 0 Å². The number of fused-ring (bicyclic) bond motifs is 20. The van der Waals surface area contributed by atoms with E-state index in [0.717, 1.165) is 101 Å². The quantitative estimate of drug-likeness (QED) is 0.154. The lowest BCUT2D eigenvalue weighted by Crippen LogP contribution is -2.60. The van der Waals surface area contributed by atoms with Crippen molar-refractivity contribution in [1.82, 2.24) is 4.57 Å². The van der Waals surface area contributed by atoms with E-state index in [4.69, 9.17) is 13.3 Å². The maximum atomic E-state index is 7.29. The molecule has 0 N–H and O–H groups in total. The van der Waals surface area contributed by atoms with Crippen LogP contribution in [-0.4, -0.2) is 11.4 Å². The Morgan fingerprint density at radius 3 is 1.79 bits per heavy atom. The lowest BCUT2D eigenvalue weighted by atomic mass is 9.43. The zero-order valence-corrected chi connectivity index (χ0v) is 38.3. The van der Waals surface area contributed by atoms with Crippen molar-refractivity contribution < 1.29 is 13.3 Å². The van der Waals surface area contributed by atoms with Crippen LogP contribution < -0.4 is 15.7 Å². The van der Waals surface area contributed by atoms with Crippen molar-refractivity contribution in [2.45, 2.75) is 77.6 Å². The molecule has 6 heteroatoms. The minimum Gasteiger partial charge on any atom is -0.456 e. The molecule has 0 fully saturated rings. The Hall–Kier alpha value is -7.18. The Morgan fingerprint density at radius 1 is 0.530 bits per heavy atom. The highest BCUT2D eigenvalue weighted by Gasteiger charge is 2.47. The van der Waals surface area contributed by atoms with Gasteiger partial charge in [-0.15, -0.1) is 0 Å². The molecular weight excluding hydrogens is 807 g/mol. The highest BCUT2D eigenvalue weighted by molar-refractivity contribution is 6.94. The second-order valence-corrected chi connectivity index (χ2v) is 21.9. The molecular formula is C60H47BN2O3. The predicted molar refractivity (Wildman–Crippen MR) is 276 cm³/mol. The molecule has 5 nitrogen and oxygen atoms in total. The molecule has 0 spiro atoms. The van der Waals surface area contributed by atoms with Crippen LogP contribution >= 0.6 is 0 Å². The molecule has 0 bridgehead atoms. The standard InChI is InChI=1S/C60H47BN2O3/c1-58(2,3)32-20-22-33(23-21-32)63-45-28-38-35-15-9-12-18-48(35)64-50(38)29-40(45)52-53-36-16-10-13-19-49(36)66-57(53)54-39-26-41-42(60(6,7)25-24-59(41,4)5)30-44(39)62-46-31-51-37(34-14-8-11-17-47(34)65-51)27-43(46)61(63)55(52)56(54)62/h8-23,26-31H,24-25H2,1-7H3. The van der Waals surface area contributed by atoms with Gasteiger partial charge in [0.05, 0.1) is 16.4 Å². The Bertz CT molecular complexity index is 4170. The first kappa shape index (κ1) is 37.1. The number of nitrogens with zero attached hydrogens (tertiary/aromatic N) is 2. The van der Waals surface area contributed by atoms with Crippen molar-refractivity contribution in [3.05, 3.63) is 150 Å². The van der Waals surface area contributed by atoms with Crippen molar-refractivity contribution >= 4 is 117 Å². The van der Waals surface area contributed by atoms with E-state index in [1.54, 1.807) is 0 Å². The summed E-state index contributed by atoms with van der Waals surface area (Å²) >= 11 is 0. The second-order valence-electron chi connectivity index (χ2n) is 21.9. The van der Waals surface area contributed by atoms with Crippen molar-refractivity contribution in [3.63, 3.8) is 0 Å². The van der Waals surface area contributed by atoms with Gasteiger partial charge in [0.25, 0.3) is 0 Å². The second kappa shape index (κ2) is 12.0. The Labute approximate surface area is 382 Å². The van der Waals surface area contributed by atoms with Crippen LogP contribution in [0, 0.1) is 0 Å². The van der Waals surface area contributed by atoms with E-state index < -0.39 is 0 Å². The molecule has 3 aliphatic rings. The minimum atomic E-state index is -0.212. The Balaban J connectivity index is 1.20. The molecule has 0 radical (unpaired) electrons. The van der Waals surface area contributed by atoms with Gasteiger partial charge >= 0.3 is 6.85 Å². The molecule has 0 saturated heterocycles. The fourth-order valence-corrected chi connectivity index (χ4v) is 12.7. The average molecular weight is 855 g/mol. The van der Waals surface area contributed by atoms with Crippen molar-refractivity contribution in [3.8, 4) is 16.8 Å². The molecule has 1 aliphatic carbocycles. The van der Waals surface area contributed by atoms with Crippen molar-refractivity contribution in [1.29, 1.82) is 0 Å². The average Bonchev–Trinajstić information content (AvgIpc) is 4.07. The summed E-state index contributed by atoms with van der Waals surface area (Å²) in [7, 11) is 0. The van der Waals surface area contributed by atoms with E-state index in [0.29, 0.717) is 0 Å². The lowest BCUT2D eigenvalue weighted by Gasteiger charge is -2.42. The summed E-state index contributed by atoms with van der Waals surface area (Å²) in [5, 5.41) is 9.17. The number of benzene rings is 8. The van der Waals surface area contributed by atoms with Crippen LogP contribution in [0.1, 0.15) is 78.0 Å². The van der Waals surface area contributed by atoms with E-state index in [9.17, 15) is 0 Å². The van der Waals surface area contributed by atoms with Crippen LogP contribution in [0.25, 0.3) is 104 Å². The van der Waals surface area contributed by atoms with Gasteiger partial charge in [0, 0.05) is 66.4 Å². The van der Waals surface area contributed by atoms with Crippen LogP contribution in [0.15, 0.2) is 147 Å². The molecule has 0 saturated carbocycles. The number of furan rings is 3. The first-order chi connectivity index (χ1) is 31.8. The van der Waals surface area contributed by atoms with Crippen LogP contribution in [0.3, 0.4) is 0 Å². The fraction of sp³-hybridized carbons (Fsp3) is 0.200. The third-order valence-corrected chi connectivity index (χ3v) is 16.2. The number of aromatic nitrogens is 1. The number of anilines is 2. The summed E-state index contributed by atoms with van der Waals surface area (Å²) in [6, 6.07) is 49.6. The van der Waals surface area contributed by atoms with Gasteiger partial charge in [-0.05, 0) is 117 Å². The molecule has 0 unspecified atom stereocenters. The van der Waals surface area contributed by atoms with E-state index in [2.05, 4.69) is 191 Å². The molecule has 15 rings (SSSR count). The first-order valence-electron chi connectivity index (χ1n) is 23.7. The van der Waals surface area contributed by atoms with Gasteiger partial charge < -0.3 is 22.6 Å². The normalized spacial score (nSPS) is 16.2. The van der Waals surface area contributed by atoms with Gasteiger partial charge in [-0.1, -0.05) is 121 Å². The molecule has 2 aliphatic heterocycles. The zero-order valence-electron chi connectivity index (χ0n) is 38.3. The molecule has 0 amide bonds. The van der Waals surface area contributed by atoms with E-state index >= 15 is 0 Å². The molecule has 318 valence electrons. The molecule has 66 heavy (non-hydrogen) atoms. The van der Waals surface area contributed by atoms with Gasteiger partial charge in [0.2, 0.25) is 0 Å². The molecule has 0 atom stereocenters. The van der Waals surface area contributed by atoms with E-state index in [1.807, 2.05) is 0 Å². The number of para-hydroxylation sites is 3. The summed E-state index contributed by atoms with van der Waals surface area (Å²) in [5.74, 6) is 0. The summed E-state index contributed by atoms with van der Waals surface area (Å²) < 4.78 is 23.5. The topological polar surface area (TPSA) is 47.6 Å². The molecule has 12 aromatic rings. The molecule has 6 heterocycles. The Kier molecular flexibility index (Phi) is 6.73. The molecule has 8 aromatic carbocycles. The predicted octanol–water partition coefficient (Wildman–Crippen LogP) is 15.4. The zero-order chi connectivity index (χ0) is 44.3. The first-order valence-corrected chi connectivity index (χ1v) is 23.7. The largest absolute Gasteiger partial charge is 0.456 e. The third-order valence-electron chi connectivity index (χ3n) is 16.2. The monoisotopic (exact) mass is 854 g/mol. The minimum absolute atomic E-state index is 0.00152. The van der Waals surface area contributed by atoms with E-state index in [-0.39, 0.29) is 23.1 Å².